The van der Waals surface area contributed by atoms with Crippen molar-refractivity contribution in [1.29, 1.82) is 0 Å². The van der Waals surface area contributed by atoms with E-state index in [1.807, 2.05) is 42.5 Å². The lowest BCUT2D eigenvalue weighted by molar-refractivity contribution is -0.385. The lowest BCUT2D eigenvalue weighted by Crippen LogP contribution is -2.27. The van der Waals surface area contributed by atoms with Crippen LogP contribution < -0.4 is 4.74 Å². The van der Waals surface area contributed by atoms with E-state index in [2.05, 4.69) is 45.2 Å². The third-order valence-electron chi connectivity index (χ3n) is 4.93. The van der Waals surface area contributed by atoms with Gasteiger partial charge in [0.05, 0.1) is 23.5 Å². The number of carbonyl (C=O) groups is 2. The maximum atomic E-state index is 12.9. The Balaban J connectivity index is 1.52. The monoisotopic (exact) mass is 698 g/mol. The number of nitro benzene ring substituents is 1. The van der Waals surface area contributed by atoms with Gasteiger partial charge >= 0.3 is 0 Å². The van der Waals surface area contributed by atoms with E-state index in [1.54, 1.807) is 24.3 Å². The van der Waals surface area contributed by atoms with Crippen LogP contribution in [0.25, 0.3) is 6.08 Å². The highest BCUT2D eigenvalue weighted by Gasteiger charge is 2.36. The van der Waals surface area contributed by atoms with Crippen LogP contribution in [0.3, 0.4) is 0 Å². The fraction of sp³-hybridized carbons (Fsp3) is 0.0833. The van der Waals surface area contributed by atoms with Crippen molar-refractivity contribution in [2.75, 3.05) is 0 Å². The molecule has 1 fully saturated rings. The van der Waals surface area contributed by atoms with Crippen molar-refractivity contribution in [3.05, 3.63) is 106 Å². The van der Waals surface area contributed by atoms with Crippen molar-refractivity contribution in [3.63, 3.8) is 0 Å². The van der Waals surface area contributed by atoms with Crippen LogP contribution in [-0.2, 0) is 17.9 Å². The third-order valence-corrected chi connectivity index (χ3v) is 7.44. The fourth-order valence-corrected chi connectivity index (χ4v) is 6.28. The predicted molar refractivity (Wildman–Crippen MR) is 147 cm³/mol. The SMILES string of the molecule is O=C1S/C(=C/c2cc(I)c(OCc3ccccc3)c(I)c2)C(=O)N1Cc1ccccc1[N+](=O)[O-]. The lowest BCUT2D eigenvalue weighted by atomic mass is 10.1. The normalized spacial score (nSPS) is 14.6. The lowest BCUT2D eigenvalue weighted by Gasteiger charge is -2.13. The predicted octanol–water partition coefficient (Wildman–Crippen LogP) is 6.62. The molecule has 0 saturated carbocycles. The summed E-state index contributed by atoms with van der Waals surface area (Å²) in [7, 11) is 0. The van der Waals surface area contributed by atoms with Crippen molar-refractivity contribution in [2.24, 2.45) is 0 Å². The van der Waals surface area contributed by atoms with E-state index in [0.29, 0.717) is 12.2 Å². The first-order valence-electron chi connectivity index (χ1n) is 9.97. The smallest absolute Gasteiger partial charge is 0.293 e. The number of carbonyl (C=O) groups excluding carboxylic acids is 2. The molecule has 2 amide bonds. The molecule has 0 N–H and O–H groups in total. The molecule has 0 unspecified atom stereocenters. The van der Waals surface area contributed by atoms with Crippen molar-refractivity contribution in [1.82, 2.24) is 4.90 Å². The zero-order chi connectivity index (χ0) is 24.2. The highest BCUT2D eigenvalue weighted by molar-refractivity contribution is 14.1. The standard InChI is InChI=1S/C24H16I2N2O5S/c25-18-10-16(11-19(26)22(18)33-14-15-6-2-1-3-7-15)12-21-23(29)27(24(30)34-21)13-17-8-4-5-9-20(17)28(31)32/h1-12H,13-14H2/b21-12+. The Kier molecular flexibility index (Phi) is 7.88. The number of thioether (sulfide) groups is 1. The Morgan fingerprint density at radius 3 is 2.32 bits per heavy atom. The van der Waals surface area contributed by atoms with Gasteiger partial charge in [0.15, 0.2) is 0 Å². The van der Waals surface area contributed by atoms with Gasteiger partial charge in [-0.25, -0.2) is 0 Å². The maximum absolute atomic E-state index is 12.9. The van der Waals surface area contributed by atoms with E-state index in [0.717, 1.165) is 40.7 Å². The highest BCUT2D eigenvalue weighted by atomic mass is 127. The highest BCUT2D eigenvalue weighted by Crippen LogP contribution is 2.36. The van der Waals surface area contributed by atoms with Crippen LogP contribution in [0.15, 0.2) is 71.6 Å². The minimum Gasteiger partial charge on any atom is -0.487 e. The first-order chi connectivity index (χ1) is 16.3. The summed E-state index contributed by atoms with van der Waals surface area (Å²) in [6, 6.07) is 19.7. The number of halogens is 2. The van der Waals surface area contributed by atoms with Gasteiger partial charge in [-0.2, -0.15) is 0 Å². The van der Waals surface area contributed by atoms with Crippen LogP contribution in [0.5, 0.6) is 5.75 Å². The zero-order valence-electron chi connectivity index (χ0n) is 17.4. The van der Waals surface area contributed by atoms with Gasteiger partial charge in [0, 0.05) is 11.6 Å². The summed E-state index contributed by atoms with van der Waals surface area (Å²) in [6.07, 6.45) is 1.66. The Bertz CT molecular complexity index is 1290. The van der Waals surface area contributed by atoms with Gasteiger partial charge in [0.2, 0.25) is 0 Å². The van der Waals surface area contributed by atoms with E-state index in [4.69, 9.17) is 4.74 Å². The summed E-state index contributed by atoms with van der Waals surface area (Å²) in [5, 5.41) is 10.8. The molecule has 1 saturated heterocycles. The largest absolute Gasteiger partial charge is 0.487 e. The van der Waals surface area contributed by atoms with Crippen molar-refractivity contribution in [3.8, 4) is 5.75 Å². The summed E-state index contributed by atoms with van der Waals surface area (Å²) in [5.41, 5.74) is 2.00. The second-order valence-electron chi connectivity index (χ2n) is 7.24. The number of imide groups is 1. The number of ether oxygens (including phenoxy) is 1. The molecule has 3 aromatic rings. The van der Waals surface area contributed by atoms with Crippen LogP contribution in [0.4, 0.5) is 10.5 Å². The molecule has 172 valence electrons. The summed E-state index contributed by atoms with van der Waals surface area (Å²) in [5.74, 6) is 0.286. The minimum atomic E-state index is -0.518. The average Bonchev–Trinajstić information content (AvgIpc) is 3.06. The molecule has 4 rings (SSSR count). The number of nitrogens with zero attached hydrogens (tertiary/aromatic N) is 2. The third kappa shape index (κ3) is 5.61. The van der Waals surface area contributed by atoms with Crippen molar-refractivity contribution < 1.29 is 19.2 Å². The van der Waals surface area contributed by atoms with Gasteiger partial charge in [-0.05, 0) is 86.3 Å². The topological polar surface area (TPSA) is 89.8 Å². The van der Waals surface area contributed by atoms with Crippen LogP contribution in [0.1, 0.15) is 16.7 Å². The van der Waals surface area contributed by atoms with E-state index >= 15 is 0 Å². The van der Waals surface area contributed by atoms with Crippen molar-refractivity contribution >= 4 is 79.9 Å². The van der Waals surface area contributed by atoms with Gasteiger partial charge in [-0.3, -0.25) is 24.6 Å². The number of para-hydroxylation sites is 1. The molecule has 0 radical (unpaired) electrons. The van der Waals surface area contributed by atoms with E-state index in [9.17, 15) is 19.7 Å². The molecule has 0 spiro atoms. The summed E-state index contributed by atoms with van der Waals surface area (Å²) < 4.78 is 7.77. The van der Waals surface area contributed by atoms with Crippen LogP contribution >= 0.6 is 56.9 Å². The molecular weight excluding hydrogens is 682 g/mol. The number of benzene rings is 3. The first kappa shape index (κ1) is 24.7. The molecule has 0 aromatic heterocycles. The number of hydrogen-bond donors (Lipinski definition) is 0. The van der Waals surface area contributed by atoms with Gasteiger partial charge in [-0.1, -0.05) is 48.5 Å². The van der Waals surface area contributed by atoms with Gasteiger partial charge in [0.1, 0.15) is 12.4 Å². The Labute approximate surface area is 227 Å². The second kappa shape index (κ2) is 10.9. The number of hydrogen-bond acceptors (Lipinski definition) is 6. The van der Waals surface area contributed by atoms with Gasteiger partial charge < -0.3 is 4.74 Å². The molecule has 1 heterocycles. The molecule has 1 aliphatic heterocycles. The molecule has 7 nitrogen and oxygen atoms in total. The maximum Gasteiger partial charge on any atom is 0.293 e. The Morgan fingerprint density at radius 2 is 1.65 bits per heavy atom. The quantitative estimate of drug-likeness (QED) is 0.119. The molecule has 34 heavy (non-hydrogen) atoms. The minimum absolute atomic E-state index is 0.124. The summed E-state index contributed by atoms with van der Waals surface area (Å²) in [4.78, 5) is 37.5. The second-order valence-corrected chi connectivity index (χ2v) is 10.6. The van der Waals surface area contributed by atoms with E-state index < -0.39 is 16.1 Å². The van der Waals surface area contributed by atoms with Gasteiger partial charge in [-0.15, -0.1) is 0 Å². The summed E-state index contributed by atoms with van der Waals surface area (Å²) >= 11 is 5.20. The average molecular weight is 698 g/mol. The van der Waals surface area contributed by atoms with Crippen molar-refractivity contribution in [2.45, 2.75) is 13.2 Å². The molecule has 1 aliphatic rings. The molecular formula is C24H16I2N2O5S. The van der Waals surface area contributed by atoms with Crippen LogP contribution in [0, 0.1) is 17.3 Å². The molecule has 0 aliphatic carbocycles. The van der Waals surface area contributed by atoms with Crippen LogP contribution in [-0.4, -0.2) is 21.0 Å². The molecule has 3 aromatic carbocycles. The van der Waals surface area contributed by atoms with Gasteiger partial charge in [0.25, 0.3) is 16.8 Å². The molecule has 0 atom stereocenters. The number of nitro groups is 1. The first-order valence-corrected chi connectivity index (χ1v) is 12.9. The Hall–Kier alpha value is -2.45. The van der Waals surface area contributed by atoms with E-state index in [-0.39, 0.29) is 17.1 Å². The number of amides is 2. The summed E-state index contributed by atoms with van der Waals surface area (Å²) in [6.45, 7) is 0.289. The number of rotatable bonds is 7. The fourth-order valence-electron chi connectivity index (χ4n) is 3.31. The van der Waals surface area contributed by atoms with Crippen LogP contribution in [0.2, 0.25) is 0 Å². The van der Waals surface area contributed by atoms with E-state index in [1.165, 1.54) is 6.07 Å². The zero-order valence-corrected chi connectivity index (χ0v) is 22.6. The molecule has 10 heteroatoms. The Morgan fingerprint density at radius 1 is 1.00 bits per heavy atom. The molecule has 0 bridgehead atoms.